The Kier molecular flexibility index (Phi) is 6.76. The van der Waals surface area contributed by atoms with Crippen molar-refractivity contribution < 1.29 is 35.5 Å². The lowest BCUT2D eigenvalue weighted by molar-refractivity contribution is -0.142. The fourth-order valence-electron chi connectivity index (χ4n) is 5.63. The molecule has 0 saturated heterocycles. The molecule has 0 aromatic heterocycles. The van der Waals surface area contributed by atoms with Gasteiger partial charge >= 0.3 is 6.18 Å². The van der Waals surface area contributed by atoms with E-state index < -0.39 is 46.1 Å². The average Bonchev–Trinajstić information content (AvgIpc) is 2.71. The number of halogens is 7. The van der Waals surface area contributed by atoms with Crippen molar-refractivity contribution in [3.05, 3.63) is 58.7 Å². The monoisotopic (exact) mass is 474 g/mol. The SMILES string of the molecule is CCOC1CCC2CC(c3cc(F)c(-c4cc(F)c(C(F)(F)F)c(F)c4)c(F)c3)CCC2C1. The Hall–Kier alpha value is -2.09. The number of rotatable bonds is 4. The van der Waals surface area contributed by atoms with Gasteiger partial charge in [-0.15, -0.1) is 0 Å². The van der Waals surface area contributed by atoms with Crippen LogP contribution in [0.3, 0.4) is 0 Å². The number of hydrogen-bond donors (Lipinski definition) is 0. The summed E-state index contributed by atoms with van der Waals surface area (Å²) in [6.07, 6.45) is 0.470. The van der Waals surface area contributed by atoms with E-state index >= 15 is 0 Å². The van der Waals surface area contributed by atoms with Gasteiger partial charge in [-0.3, -0.25) is 0 Å². The van der Waals surface area contributed by atoms with Crippen LogP contribution in [-0.2, 0) is 10.9 Å². The third kappa shape index (κ3) is 4.91. The maximum absolute atomic E-state index is 14.9. The first-order chi connectivity index (χ1) is 15.6. The first-order valence-corrected chi connectivity index (χ1v) is 11.3. The lowest BCUT2D eigenvalue weighted by atomic mass is 9.65. The largest absolute Gasteiger partial charge is 0.422 e. The maximum atomic E-state index is 14.9. The number of benzene rings is 2. The highest BCUT2D eigenvalue weighted by molar-refractivity contribution is 5.66. The lowest BCUT2D eigenvalue weighted by Gasteiger charge is -2.42. The Labute approximate surface area is 187 Å². The van der Waals surface area contributed by atoms with Gasteiger partial charge in [0.25, 0.3) is 0 Å². The zero-order chi connectivity index (χ0) is 23.9. The fraction of sp³-hybridized carbons (Fsp3) is 0.520. The second-order valence-corrected chi connectivity index (χ2v) is 9.09. The summed E-state index contributed by atoms with van der Waals surface area (Å²) in [6.45, 7) is 2.66. The Morgan fingerprint density at radius 3 is 1.94 bits per heavy atom. The van der Waals surface area contributed by atoms with Crippen molar-refractivity contribution in [3.63, 3.8) is 0 Å². The fourth-order valence-corrected chi connectivity index (χ4v) is 5.63. The van der Waals surface area contributed by atoms with Crippen LogP contribution in [-0.4, -0.2) is 12.7 Å². The van der Waals surface area contributed by atoms with Gasteiger partial charge in [-0.2, -0.15) is 13.2 Å². The molecule has 0 aliphatic heterocycles. The van der Waals surface area contributed by atoms with Crippen molar-refractivity contribution in [2.75, 3.05) is 6.61 Å². The molecule has 0 N–H and O–H groups in total. The first kappa shape index (κ1) is 24.0. The van der Waals surface area contributed by atoms with Crippen LogP contribution in [0, 0.1) is 35.1 Å². The Balaban J connectivity index is 1.57. The summed E-state index contributed by atoms with van der Waals surface area (Å²) < 4.78 is 102. The molecule has 0 bridgehead atoms. The predicted molar refractivity (Wildman–Crippen MR) is 110 cm³/mol. The minimum atomic E-state index is -5.26. The van der Waals surface area contributed by atoms with Crippen LogP contribution in [0.15, 0.2) is 24.3 Å². The van der Waals surface area contributed by atoms with E-state index in [1.54, 1.807) is 0 Å². The van der Waals surface area contributed by atoms with Gasteiger partial charge in [0.15, 0.2) is 0 Å². The van der Waals surface area contributed by atoms with Gasteiger partial charge in [-0.1, -0.05) is 0 Å². The van der Waals surface area contributed by atoms with Crippen LogP contribution in [0.5, 0.6) is 0 Å². The minimum Gasteiger partial charge on any atom is -0.378 e. The molecule has 4 rings (SSSR count). The molecule has 8 heteroatoms. The molecule has 2 aliphatic carbocycles. The molecule has 4 atom stereocenters. The van der Waals surface area contributed by atoms with Crippen molar-refractivity contribution in [1.29, 1.82) is 0 Å². The predicted octanol–water partition coefficient (Wildman–Crippen LogP) is 8.02. The van der Waals surface area contributed by atoms with E-state index in [0.717, 1.165) is 50.7 Å². The standard InChI is InChI=1S/C25H25F7O/c1-2-33-18-6-5-13-7-14(3-4-15(13)8-18)16-9-19(26)23(20(27)10-16)17-11-21(28)24(22(29)12-17)25(30,31)32/h9-15,18H,2-8H2,1H3. The number of hydrogen-bond acceptors (Lipinski definition) is 1. The molecule has 2 aromatic rings. The molecule has 0 amide bonds. The van der Waals surface area contributed by atoms with Gasteiger partial charge in [0.05, 0.1) is 11.7 Å². The highest BCUT2D eigenvalue weighted by Gasteiger charge is 2.39. The van der Waals surface area contributed by atoms with E-state index in [2.05, 4.69) is 0 Å². The van der Waals surface area contributed by atoms with E-state index in [-0.39, 0.29) is 12.0 Å². The van der Waals surface area contributed by atoms with Gasteiger partial charge in [0.2, 0.25) is 0 Å². The molecular weight excluding hydrogens is 449 g/mol. The normalized spacial score (nSPS) is 25.7. The highest BCUT2D eigenvalue weighted by Crippen LogP contribution is 2.47. The second kappa shape index (κ2) is 9.28. The molecule has 0 spiro atoms. The third-order valence-electron chi connectivity index (χ3n) is 7.12. The summed E-state index contributed by atoms with van der Waals surface area (Å²) in [6, 6.07) is 2.91. The highest BCUT2D eigenvalue weighted by atomic mass is 19.4. The van der Waals surface area contributed by atoms with Crippen LogP contribution >= 0.6 is 0 Å². The molecule has 2 saturated carbocycles. The van der Waals surface area contributed by atoms with Gasteiger partial charge in [0, 0.05) is 6.61 Å². The second-order valence-electron chi connectivity index (χ2n) is 9.09. The van der Waals surface area contributed by atoms with Gasteiger partial charge in [-0.25, -0.2) is 17.6 Å². The van der Waals surface area contributed by atoms with Gasteiger partial charge in [-0.05, 0) is 98.6 Å². The van der Waals surface area contributed by atoms with Crippen molar-refractivity contribution in [3.8, 4) is 11.1 Å². The summed E-state index contributed by atoms with van der Waals surface area (Å²) in [5, 5.41) is 0. The van der Waals surface area contributed by atoms with Crippen molar-refractivity contribution in [2.45, 2.75) is 63.6 Å². The van der Waals surface area contributed by atoms with E-state index in [1.165, 1.54) is 0 Å². The Bertz CT molecular complexity index is 970. The Morgan fingerprint density at radius 1 is 0.788 bits per heavy atom. The molecule has 4 unspecified atom stereocenters. The summed E-state index contributed by atoms with van der Waals surface area (Å²) in [5.74, 6) is -5.00. The van der Waals surface area contributed by atoms with Crippen LogP contribution in [0.2, 0.25) is 0 Å². The average molecular weight is 474 g/mol. The first-order valence-electron chi connectivity index (χ1n) is 11.3. The molecule has 0 radical (unpaired) electrons. The molecule has 33 heavy (non-hydrogen) atoms. The number of fused-ring (bicyclic) bond motifs is 1. The Morgan fingerprint density at radius 2 is 1.36 bits per heavy atom. The molecular formula is C25H25F7O. The van der Waals surface area contributed by atoms with E-state index in [1.807, 2.05) is 6.92 Å². The van der Waals surface area contributed by atoms with Gasteiger partial charge in [0.1, 0.15) is 28.8 Å². The molecule has 0 heterocycles. The zero-order valence-electron chi connectivity index (χ0n) is 18.1. The maximum Gasteiger partial charge on any atom is 0.422 e. The number of alkyl halides is 3. The quantitative estimate of drug-likeness (QED) is 0.408. The zero-order valence-corrected chi connectivity index (χ0v) is 18.1. The molecule has 180 valence electrons. The molecule has 2 aromatic carbocycles. The van der Waals surface area contributed by atoms with Crippen molar-refractivity contribution in [2.24, 2.45) is 11.8 Å². The van der Waals surface area contributed by atoms with Gasteiger partial charge < -0.3 is 4.74 Å². The van der Waals surface area contributed by atoms with Crippen LogP contribution < -0.4 is 0 Å². The third-order valence-corrected chi connectivity index (χ3v) is 7.12. The molecule has 2 fully saturated rings. The summed E-state index contributed by atoms with van der Waals surface area (Å²) in [4.78, 5) is 0. The van der Waals surface area contributed by atoms with Crippen molar-refractivity contribution >= 4 is 0 Å². The minimum absolute atomic E-state index is 0.0472. The smallest absolute Gasteiger partial charge is 0.378 e. The van der Waals surface area contributed by atoms with E-state index in [0.29, 0.717) is 36.1 Å². The number of ether oxygens (including phenoxy) is 1. The van der Waals surface area contributed by atoms with Crippen molar-refractivity contribution in [1.82, 2.24) is 0 Å². The van der Waals surface area contributed by atoms with Crippen LogP contribution in [0.1, 0.15) is 62.5 Å². The van der Waals surface area contributed by atoms with Crippen LogP contribution in [0.4, 0.5) is 30.7 Å². The summed E-state index contributed by atoms with van der Waals surface area (Å²) >= 11 is 0. The molecule has 1 nitrogen and oxygen atoms in total. The van der Waals surface area contributed by atoms with Crippen LogP contribution in [0.25, 0.3) is 11.1 Å². The molecule has 2 aliphatic rings. The summed E-state index contributed by atoms with van der Waals surface area (Å²) in [5.41, 5.74) is -2.97. The van der Waals surface area contributed by atoms with E-state index in [9.17, 15) is 30.7 Å². The van der Waals surface area contributed by atoms with E-state index in [4.69, 9.17) is 4.74 Å². The topological polar surface area (TPSA) is 9.23 Å². The lowest BCUT2D eigenvalue weighted by Crippen LogP contribution is -2.33. The summed E-state index contributed by atoms with van der Waals surface area (Å²) in [7, 11) is 0.